The predicted octanol–water partition coefficient (Wildman–Crippen LogP) is 4.25. The van der Waals surface area contributed by atoms with Gasteiger partial charge in [0.1, 0.15) is 0 Å². The van der Waals surface area contributed by atoms with Gasteiger partial charge in [-0.1, -0.05) is 20.8 Å². The van der Waals surface area contributed by atoms with Gasteiger partial charge < -0.3 is 19.8 Å². The van der Waals surface area contributed by atoms with E-state index in [0.29, 0.717) is 71.9 Å². The van der Waals surface area contributed by atoms with Crippen LogP contribution >= 0.6 is 0 Å². The molecule has 5 heteroatoms. The van der Waals surface area contributed by atoms with Crippen LogP contribution in [0.2, 0.25) is 0 Å². The Bertz CT molecular complexity index is 723. The zero-order valence-corrected chi connectivity index (χ0v) is 21.2. The lowest BCUT2D eigenvalue weighted by atomic mass is 9.43. The van der Waals surface area contributed by atoms with Crippen LogP contribution in [0.5, 0.6) is 0 Å². The molecular formula is C28H47NO4. The summed E-state index contributed by atoms with van der Waals surface area (Å²) < 4.78 is 5.40. The topological polar surface area (TPSA) is 70.0 Å². The van der Waals surface area contributed by atoms with Gasteiger partial charge in [-0.15, -0.1) is 0 Å². The third-order valence-electron chi connectivity index (χ3n) is 11.6. The van der Waals surface area contributed by atoms with E-state index in [1.165, 1.54) is 25.7 Å². The number of aliphatic hydroxyl groups excluding tert-OH is 2. The van der Waals surface area contributed by atoms with E-state index < -0.39 is 0 Å². The van der Waals surface area contributed by atoms with Gasteiger partial charge in [0.15, 0.2) is 0 Å². The van der Waals surface area contributed by atoms with Crippen LogP contribution in [-0.4, -0.2) is 59.5 Å². The van der Waals surface area contributed by atoms with Gasteiger partial charge in [-0.3, -0.25) is 4.79 Å². The lowest BCUT2D eigenvalue weighted by Gasteiger charge is -2.62. The minimum atomic E-state index is -0.208. The van der Waals surface area contributed by atoms with Crippen molar-refractivity contribution in [1.82, 2.24) is 4.90 Å². The average molecular weight is 462 g/mol. The first kappa shape index (κ1) is 24.1. The smallest absolute Gasteiger partial charge is 0.222 e. The maximum absolute atomic E-state index is 12.7. The molecule has 0 aromatic rings. The number of fused-ring (bicyclic) bond motifs is 5. The predicted molar refractivity (Wildman–Crippen MR) is 128 cm³/mol. The quantitative estimate of drug-likeness (QED) is 0.657. The minimum absolute atomic E-state index is 0.169. The van der Waals surface area contributed by atoms with Gasteiger partial charge in [-0.05, 0) is 104 Å². The van der Waals surface area contributed by atoms with Crippen LogP contribution in [-0.2, 0) is 9.53 Å². The molecule has 4 aliphatic carbocycles. The minimum Gasteiger partial charge on any atom is -0.393 e. The first-order valence-electron chi connectivity index (χ1n) is 14.0. The van der Waals surface area contributed by atoms with Crippen molar-refractivity contribution in [3.63, 3.8) is 0 Å². The molecule has 5 nitrogen and oxygen atoms in total. The zero-order chi connectivity index (χ0) is 23.4. The van der Waals surface area contributed by atoms with Crippen LogP contribution < -0.4 is 0 Å². The van der Waals surface area contributed by atoms with Gasteiger partial charge in [0.25, 0.3) is 0 Å². The molecule has 1 aliphatic heterocycles. The van der Waals surface area contributed by atoms with Crippen molar-refractivity contribution < 1.29 is 19.7 Å². The molecule has 1 amide bonds. The molecule has 4 saturated carbocycles. The van der Waals surface area contributed by atoms with Crippen molar-refractivity contribution in [3.05, 3.63) is 0 Å². The number of hydrogen-bond acceptors (Lipinski definition) is 4. The monoisotopic (exact) mass is 461 g/mol. The Morgan fingerprint density at radius 1 is 1.00 bits per heavy atom. The third kappa shape index (κ3) is 4.08. The van der Waals surface area contributed by atoms with Gasteiger partial charge in [-0.2, -0.15) is 0 Å². The van der Waals surface area contributed by atoms with Crippen molar-refractivity contribution in [2.24, 2.45) is 46.3 Å². The molecule has 1 saturated heterocycles. The van der Waals surface area contributed by atoms with Crippen molar-refractivity contribution in [2.75, 3.05) is 26.3 Å². The van der Waals surface area contributed by atoms with E-state index in [0.717, 1.165) is 45.2 Å². The number of carbonyl (C=O) groups is 1. The van der Waals surface area contributed by atoms with Gasteiger partial charge in [0.2, 0.25) is 5.91 Å². The van der Waals surface area contributed by atoms with E-state index in [1.54, 1.807) is 0 Å². The summed E-state index contributed by atoms with van der Waals surface area (Å²) >= 11 is 0. The molecule has 0 radical (unpaired) electrons. The fourth-order valence-electron chi connectivity index (χ4n) is 9.70. The maximum Gasteiger partial charge on any atom is 0.222 e. The number of morpholine rings is 1. The first-order chi connectivity index (χ1) is 15.7. The molecule has 5 fully saturated rings. The van der Waals surface area contributed by atoms with E-state index in [1.807, 2.05) is 4.90 Å². The Balaban J connectivity index is 1.26. The van der Waals surface area contributed by atoms with Crippen molar-refractivity contribution >= 4 is 5.91 Å². The SMILES string of the molecule is C[C@@H](CCC(=O)N1CCOCC1)[C@@H]1CC[C@@H]2[C@H]3[C@H](O)C[C@H]4C[C@@H](O)CC[C@@]4(C)[C@@H]3CC[C@]21C. The van der Waals surface area contributed by atoms with Crippen LogP contribution in [0.15, 0.2) is 0 Å². The van der Waals surface area contributed by atoms with Crippen LogP contribution in [0.25, 0.3) is 0 Å². The zero-order valence-electron chi connectivity index (χ0n) is 21.2. The number of amides is 1. The molecule has 0 bridgehead atoms. The highest BCUT2D eigenvalue weighted by atomic mass is 16.5. The van der Waals surface area contributed by atoms with Crippen LogP contribution in [0.4, 0.5) is 0 Å². The summed E-state index contributed by atoms with van der Waals surface area (Å²) in [6, 6.07) is 0. The fourth-order valence-corrected chi connectivity index (χ4v) is 9.70. The molecule has 0 spiro atoms. The van der Waals surface area contributed by atoms with Gasteiger partial charge in [-0.25, -0.2) is 0 Å². The lowest BCUT2D eigenvalue weighted by Crippen LogP contribution is -2.58. The molecule has 2 N–H and O–H groups in total. The molecule has 0 aromatic carbocycles. The summed E-state index contributed by atoms with van der Waals surface area (Å²) in [5, 5.41) is 21.7. The van der Waals surface area contributed by atoms with Crippen LogP contribution in [0, 0.1) is 46.3 Å². The molecule has 5 aliphatic rings. The van der Waals surface area contributed by atoms with Crippen molar-refractivity contribution in [2.45, 2.75) is 97.2 Å². The highest BCUT2D eigenvalue weighted by molar-refractivity contribution is 5.76. The molecule has 5 rings (SSSR count). The molecule has 0 unspecified atom stereocenters. The second kappa shape index (κ2) is 9.09. The summed E-state index contributed by atoms with van der Waals surface area (Å²) in [5.41, 5.74) is 0.583. The molecule has 33 heavy (non-hydrogen) atoms. The second-order valence-electron chi connectivity index (χ2n) is 13.0. The fraction of sp³-hybridized carbons (Fsp3) is 0.964. The number of hydrogen-bond donors (Lipinski definition) is 2. The van der Waals surface area contributed by atoms with Crippen LogP contribution in [0.3, 0.4) is 0 Å². The van der Waals surface area contributed by atoms with E-state index >= 15 is 0 Å². The molecular weight excluding hydrogens is 414 g/mol. The summed E-state index contributed by atoms with van der Waals surface area (Å²) in [7, 11) is 0. The molecule has 10 atom stereocenters. The number of ether oxygens (including phenoxy) is 1. The largest absolute Gasteiger partial charge is 0.393 e. The number of nitrogens with zero attached hydrogens (tertiary/aromatic N) is 1. The summed E-state index contributed by atoms with van der Waals surface area (Å²) in [5.74, 6) is 3.63. The standard InChI is InChI=1S/C28H47NO4/c1-18(4-7-25(32)29-12-14-33-15-13-29)21-5-6-22-26-23(9-11-28(21,22)3)27(2)10-8-20(30)16-19(27)17-24(26)31/h18-24,26,30-31H,4-17H2,1-3H3/t18-,19+,20-,21-,22+,23+,24+,26+,27+,28-/m0/s1. The van der Waals surface area contributed by atoms with Gasteiger partial charge >= 0.3 is 0 Å². The van der Waals surface area contributed by atoms with E-state index in [4.69, 9.17) is 4.74 Å². The summed E-state index contributed by atoms with van der Waals surface area (Å²) in [6.07, 6.45) is 10.1. The Morgan fingerprint density at radius 3 is 2.45 bits per heavy atom. The average Bonchev–Trinajstić information content (AvgIpc) is 3.16. The highest BCUT2D eigenvalue weighted by Gasteiger charge is 2.62. The maximum atomic E-state index is 12.7. The summed E-state index contributed by atoms with van der Waals surface area (Å²) in [6.45, 7) is 10.2. The first-order valence-corrected chi connectivity index (χ1v) is 14.0. The normalized spacial score (nSPS) is 48.5. The number of rotatable bonds is 4. The van der Waals surface area contributed by atoms with Crippen LogP contribution in [0.1, 0.15) is 85.0 Å². The third-order valence-corrected chi connectivity index (χ3v) is 11.6. The molecule has 0 aromatic heterocycles. The second-order valence-corrected chi connectivity index (χ2v) is 13.0. The highest BCUT2D eigenvalue weighted by Crippen LogP contribution is 2.68. The molecule has 188 valence electrons. The molecule has 1 heterocycles. The Labute approximate surface area is 200 Å². The summed E-state index contributed by atoms with van der Waals surface area (Å²) in [4.78, 5) is 14.7. The van der Waals surface area contributed by atoms with E-state index in [9.17, 15) is 15.0 Å². The Hall–Kier alpha value is -0.650. The van der Waals surface area contributed by atoms with Crippen molar-refractivity contribution in [1.29, 1.82) is 0 Å². The van der Waals surface area contributed by atoms with E-state index in [-0.39, 0.29) is 12.2 Å². The van der Waals surface area contributed by atoms with E-state index in [2.05, 4.69) is 20.8 Å². The lowest BCUT2D eigenvalue weighted by molar-refractivity contribution is -0.174. The Kier molecular flexibility index (Phi) is 6.63. The van der Waals surface area contributed by atoms with Gasteiger partial charge in [0, 0.05) is 19.5 Å². The number of carbonyl (C=O) groups excluding carboxylic acids is 1. The van der Waals surface area contributed by atoms with Gasteiger partial charge in [0.05, 0.1) is 25.4 Å². The number of aliphatic hydroxyl groups is 2. The van der Waals surface area contributed by atoms with Crippen molar-refractivity contribution in [3.8, 4) is 0 Å². The Morgan fingerprint density at radius 2 is 1.70 bits per heavy atom.